The summed E-state index contributed by atoms with van der Waals surface area (Å²) in [5.74, 6) is 5.03. The molecule has 3 N–H and O–H groups in total. The Morgan fingerprint density at radius 1 is 1.21 bits per heavy atom. The molecule has 2 amide bonds. The van der Waals surface area contributed by atoms with Gasteiger partial charge in [0, 0.05) is 40.7 Å². The molecule has 3 aromatic heterocycles. The Hall–Kier alpha value is -4.30. The highest BCUT2D eigenvalue weighted by molar-refractivity contribution is 9.10. The Labute approximate surface area is 231 Å². The van der Waals surface area contributed by atoms with Gasteiger partial charge in [-0.1, -0.05) is 21.9 Å². The number of nitrogens with zero attached hydrogens (tertiary/aromatic N) is 5. The van der Waals surface area contributed by atoms with Crippen LogP contribution < -0.4 is 11.1 Å². The van der Waals surface area contributed by atoms with Crippen LogP contribution in [0.5, 0.6) is 0 Å². The third-order valence-electron chi connectivity index (χ3n) is 7.32. The third kappa shape index (κ3) is 4.51. The van der Waals surface area contributed by atoms with Gasteiger partial charge in [-0.25, -0.2) is 19.3 Å². The number of hydrogen-bond acceptors (Lipinski definition) is 6. The SMILES string of the molecule is CC#CC(=O)N1CC2(CC2)C[C@H]1c1nc(-c2ccc(C(=O)Nc3cc(Br)ccn3)cc2F)c2c(N)nccn12. The lowest BCUT2D eigenvalue weighted by Crippen LogP contribution is -2.31. The first-order chi connectivity index (χ1) is 18.8. The first kappa shape index (κ1) is 25.0. The van der Waals surface area contributed by atoms with E-state index in [0.29, 0.717) is 29.4 Å². The van der Waals surface area contributed by atoms with Gasteiger partial charge in [0.25, 0.3) is 11.8 Å². The van der Waals surface area contributed by atoms with E-state index >= 15 is 4.39 Å². The van der Waals surface area contributed by atoms with E-state index in [9.17, 15) is 9.59 Å². The maximum atomic E-state index is 15.6. The molecule has 0 bridgehead atoms. The lowest BCUT2D eigenvalue weighted by atomic mass is 10.0. The first-order valence-corrected chi connectivity index (χ1v) is 13.2. The summed E-state index contributed by atoms with van der Waals surface area (Å²) < 4.78 is 18.1. The van der Waals surface area contributed by atoms with Crippen molar-refractivity contribution >= 4 is 44.9 Å². The van der Waals surface area contributed by atoms with Crippen LogP contribution in [0.15, 0.2) is 53.4 Å². The van der Waals surface area contributed by atoms with Gasteiger partial charge in [-0.05, 0) is 67.9 Å². The highest BCUT2D eigenvalue weighted by Crippen LogP contribution is 2.58. The summed E-state index contributed by atoms with van der Waals surface area (Å²) in [6.45, 7) is 2.24. The normalized spacial score (nSPS) is 17.2. The summed E-state index contributed by atoms with van der Waals surface area (Å²) in [7, 11) is 0. The van der Waals surface area contributed by atoms with E-state index in [-0.39, 0.29) is 34.3 Å². The molecule has 1 aliphatic heterocycles. The molecular weight excluding hydrogens is 565 g/mol. The molecule has 9 nitrogen and oxygen atoms in total. The number of nitrogen functional groups attached to an aromatic ring is 1. The zero-order valence-electron chi connectivity index (χ0n) is 20.9. The van der Waals surface area contributed by atoms with E-state index in [1.165, 1.54) is 12.1 Å². The first-order valence-electron chi connectivity index (χ1n) is 12.4. The van der Waals surface area contributed by atoms with Gasteiger partial charge in [-0.15, -0.1) is 0 Å². The lowest BCUT2D eigenvalue weighted by Gasteiger charge is -2.21. The van der Waals surface area contributed by atoms with Crippen molar-refractivity contribution in [3.05, 3.63) is 70.6 Å². The molecule has 4 heterocycles. The van der Waals surface area contributed by atoms with Crippen molar-refractivity contribution in [1.82, 2.24) is 24.3 Å². The molecule has 0 unspecified atom stereocenters. The van der Waals surface area contributed by atoms with E-state index in [2.05, 4.69) is 43.1 Å². The molecule has 4 aromatic rings. The van der Waals surface area contributed by atoms with E-state index in [1.807, 2.05) is 0 Å². The molecule has 1 saturated carbocycles. The molecule has 39 heavy (non-hydrogen) atoms. The number of rotatable bonds is 4. The summed E-state index contributed by atoms with van der Waals surface area (Å²) in [6, 6.07) is 7.21. The maximum Gasteiger partial charge on any atom is 0.299 e. The monoisotopic (exact) mass is 587 g/mol. The quantitative estimate of drug-likeness (QED) is 0.337. The maximum absolute atomic E-state index is 15.6. The van der Waals surface area contributed by atoms with Crippen LogP contribution in [-0.2, 0) is 4.79 Å². The molecule has 6 rings (SSSR count). The molecule has 1 aromatic carbocycles. The van der Waals surface area contributed by atoms with Crippen LogP contribution in [-0.4, -0.2) is 42.6 Å². The molecule has 1 spiro atoms. The Morgan fingerprint density at radius 2 is 2.03 bits per heavy atom. The largest absolute Gasteiger partial charge is 0.382 e. The molecule has 2 aliphatic rings. The average molecular weight is 588 g/mol. The van der Waals surface area contributed by atoms with Crippen LogP contribution in [0.25, 0.3) is 16.8 Å². The van der Waals surface area contributed by atoms with Crippen molar-refractivity contribution in [1.29, 1.82) is 0 Å². The predicted octanol–water partition coefficient (Wildman–Crippen LogP) is 4.60. The van der Waals surface area contributed by atoms with Gasteiger partial charge in [0.2, 0.25) is 0 Å². The number of amides is 2. The van der Waals surface area contributed by atoms with E-state index in [4.69, 9.17) is 10.7 Å². The molecule has 1 atom stereocenters. The summed E-state index contributed by atoms with van der Waals surface area (Å²) in [6.07, 6.45) is 7.64. The second kappa shape index (κ2) is 9.47. The van der Waals surface area contributed by atoms with Gasteiger partial charge < -0.3 is 16.0 Å². The number of imidazole rings is 1. The van der Waals surface area contributed by atoms with Crippen LogP contribution in [0.3, 0.4) is 0 Å². The van der Waals surface area contributed by atoms with Gasteiger partial charge in [0.05, 0.1) is 6.04 Å². The van der Waals surface area contributed by atoms with E-state index < -0.39 is 11.7 Å². The van der Waals surface area contributed by atoms with Crippen LogP contribution in [0.2, 0.25) is 0 Å². The van der Waals surface area contributed by atoms with Crippen molar-refractivity contribution in [3.8, 4) is 23.1 Å². The molecular formula is C28H23BrFN7O2. The van der Waals surface area contributed by atoms with E-state index in [0.717, 1.165) is 29.8 Å². The Bertz CT molecular complexity index is 1720. The van der Waals surface area contributed by atoms with Crippen LogP contribution in [0.1, 0.15) is 48.4 Å². The number of anilines is 2. The Morgan fingerprint density at radius 3 is 2.74 bits per heavy atom. The van der Waals surface area contributed by atoms with Gasteiger partial charge in [-0.2, -0.15) is 0 Å². The molecule has 196 valence electrons. The molecule has 2 fully saturated rings. The minimum Gasteiger partial charge on any atom is -0.382 e. The van der Waals surface area contributed by atoms with E-state index in [1.54, 1.807) is 46.9 Å². The van der Waals surface area contributed by atoms with Crippen molar-refractivity contribution in [3.63, 3.8) is 0 Å². The fourth-order valence-corrected chi connectivity index (χ4v) is 5.57. The van der Waals surface area contributed by atoms with Crippen molar-refractivity contribution < 1.29 is 14.0 Å². The number of aromatic nitrogens is 4. The molecule has 11 heteroatoms. The average Bonchev–Trinajstić information content (AvgIpc) is 3.38. The number of hydrogen-bond donors (Lipinski definition) is 2. The summed E-state index contributed by atoms with van der Waals surface area (Å²) in [4.78, 5) is 40.6. The number of likely N-dealkylation sites (tertiary alicyclic amines) is 1. The zero-order chi connectivity index (χ0) is 27.3. The van der Waals surface area contributed by atoms with Gasteiger partial charge in [0.15, 0.2) is 0 Å². The predicted molar refractivity (Wildman–Crippen MR) is 147 cm³/mol. The zero-order valence-corrected chi connectivity index (χ0v) is 22.5. The Kier molecular flexibility index (Phi) is 6.07. The van der Waals surface area contributed by atoms with Crippen molar-refractivity contribution in [2.45, 2.75) is 32.2 Å². The fraction of sp³-hybridized carbons (Fsp3) is 0.250. The fourth-order valence-electron chi connectivity index (χ4n) is 5.24. The van der Waals surface area contributed by atoms with Crippen LogP contribution in [0, 0.1) is 23.1 Å². The summed E-state index contributed by atoms with van der Waals surface area (Å²) in [5.41, 5.74) is 7.36. The number of nitrogens with two attached hydrogens (primary N) is 1. The summed E-state index contributed by atoms with van der Waals surface area (Å²) >= 11 is 3.33. The third-order valence-corrected chi connectivity index (χ3v) is 7.81. The molecule has 0 radical (unpaired) electrons. The highest BCUT2D eigenvalue weighted by Gasteiger charge is 2.54. The minimum absolute atomic E-state index is 0.0732. The van der Waals surface area contributed by atoms with Crippen LogP contribution in [0.4, 0.5) is 16.0 Å². The number of carbonyl (C=O) groups excluding carboxylic acids is 2. The second-order valence-electron chi connectivity index (χ2n) is 9.89. The standard InChI is InChI=1S/C28H23BrFN7O2/c1-2-3-22(38)37-15-28(7-8-28)14-20(37)26-35-23(24-25(31)33-10-11-36(24)26)18-5-4-16(12-19(18)30)27(39)34-21-13-17(29)6-9-32-21/h4-6,9-13,20H,7-8,14-15H2,1H3,(H2,31,33)(H,32,34,39)/t20-/m0/s1. The van der Waals surface area contributed by atoms with Crippen molar-refractivity contribution in [2.24, 2.45) is 5.41 Å². The molecule has 1 saturated heterocycles. The Balaban J connectivity index is 1.40. The molecule has 1 aliphatic carbocycles. The van der Waals surface area contributed by atoms with Gasteiger partial charge in [0.1, 0.15) is 34.5 Å². The summed E-state index contributed by atoms with van der Waals surface area (Å²) in [5, 5.41) is 2.66. The number of halogens is 2. The number of nitrogens with one attached hydrogen (secondary N) is 1. The second-order valence-corrected chi connectivity index (χ2v) is 10.8. The number of fused-ring (bicyclic) bond motifs is 1. The topological polar surface area (TPSA) is 119 Å². The number of pyridine rings is 1. The van der Waals surface area contributed by atoms with Crippen LogP contribution >= 0.6 is 15.9 Å². The smallest absolute Gasteiger partial charge is 0.299 e. The minimum atomic E-state index is -0.644. The number of carbonyl (C=O) groups is 2. The number of benzene rings is 1. The van der Waals surface area contributed by atoms with Gasteiger partial charge >= 0.3 is 0 Å². The van der Waals surface area contributed by atoms with Gasteiger partial charge in [-0.3, -0.25) is 14.0 Å². The lowest BCUT2D eigenvalue weighted by molar-refractivity contribution is -0.126. The highest BCUT2D eigenvalue weighted by atomic mass is 79.9. The van der Waals surface area contributed by atoms with Crippen molar-refractivity contribution in [2.75, 3.05) is 17.6 Å².